The van der Waals surface area contributed by atoms with Gasteiger partial charge in [-0.3, -0.25) is 4.79 Å². The molecule has 2 rings (SSSR count). The topological polar surface area (TPSA) is 76.1 Å². The molecule has 0 radical (unpaired) electrons. The molecule has 0 saturated heterocycles. The summed E-state index contributed by atoms with van der Waals surface area (Å²) in [5.74, 6) is 1.67. The number of nitrogens with zero attached hydrogens (tertiary/aromatic N) is 2. The van der Waals surface area contributed by atoms with Crippen LogP contribution in [0.4, 0.5) is 5.82 Å². The zero-order chi connectivity index (χ0) is 13.7. The molecule has 0 aromatic carbocycles. The molecular formula is C13H20N4O2. The molecule has 6 nitrogen and oxygen atoms in total. The molecule has 1 aromatic heterocycles. The van der Waals surface area contributed by atoms with Crippen molar-refractivity contribution in [3.63, 3.8) is 0 Å². The molecule has 1 aliphatic rings. The quantitative estimate of drug-likeness (QED) is 0.724. The molecule has 19 heavy (non-hydrogen) atoms. The molecule has 0 aliphatic heterocycles. The lowest BCUT2D eigenvalue weighted by Crippen LogP contribution is -2.29. The predicted molar refractivity (Wildman–Crippen MR) is 72.0 cm³/mol. The second-order valence-electron chi connectivity index (χ2n) is 4.90. The number of carbonyl (C=O) groups is 1. The fourth-order valence-corrected chi connectivity index (χ4v) is 1.61. The van der Waals surface area contributed by atoms with E-state index in [1.807, 2.05) is 13.8 Å². The van der Waals surface area contributed by atoms with Gasteiger partial charge in [0.2, 0.25) is 11.8 Å². The van der Waals surface area contributed by atoms with Crippen LogP contribution in [0.5, 0.6) is 5.88 Å². The van der Waals surface area contributed by atoms with Gasteiger partial charge in [-0.15, -0.1) is 0 Å². The molecule has 6 heteroatoms. The Balaban J connectivity index is 1.71. The Bertz CT molecular complexity index is 432. The van der Waals surface area contributed by atoms with Crippen molar-refractivity contribution in [1.82, 2.24) is 15.3 Å². The van der Waals surface area contributed by atoms with Crippen LogP contribution < -0.4 is 15.4 Å². The fraction of sp³-hybridized carbons (Fsp3) is 0.615. The van der Waals surface area contributed by atoms with Gasteiger partial charge < -0.3 is 15.4 Å². The maximum atomic E-state index is 11.4. The third-order valence-electron chi connectivity index (χ3n) is 2.68. The first-order chi connectivity index (χ1) is 9.15. The van der Waals surface area contributed by atoms with Crippen molar-refractivity contribution in [2.45, 2.75) is 32.8 Å². The molecule has 1 heterocycles. The Morgan fingerprint density at radius 3 is 2.89 bits per heavy atom. The summed E-state index contributed by atoms with van der Waals surface area (Å²) in [7, 11) is 0. The number of amides is 1. The number of rotatable bonds is 7. The van der Waals surface area contributed by atoms with Gasteiger partial charge in [0.15, 0.2) is 0 Å². The van der Waals surface area contributed by atoms with E-state index in [2.05, 4.69) is 20.6 Å². The van der Waals surface area contributed by atoms with Crippen molar-refractivity contribution < 1.29 is 9.53 Å². The molecule has 0 atom stereocenters. The number of nitrogens with one attached hydrogen (secondary N) is 2. The molecule has 1 fully saturated rings. The average molecular weight is 264 g/mol. The standard InChI is InChI=1S/C13H20N4O2/c1-9(2)19-12-7-11(16-8-17-12)14-5-6-15-13(18)10-3-4-10/h7-10H,3-6H2,1-2H3,(H,15,18)(H,14,16,17). The summed E-state index contributed by atoms with van der Waals surface area (Å²) in [5.41, 5.74) is 0. The van der Waals surface area contributed by atoms with Gasteiger partial charge in [0.05, 0.1) is 6.10 Å². The van der Waals surface area contributed by atoms with Gasteiger partial charge in [-0.2, -0.15) is 0 Å². The first-order valence-electron chi connectivity index (χ1n) is 6.65. The first kappa shape index (κ1) is 13.6. The molecule has 1 aromatic rings. The highest BCUT2D eigenvalue weighted by atomic mass is 16.5. The maximum Gasteiger partial charge on any atom is 0.223 e. The van der Waals surface area contributed by atoms with E-state index < -0.39 is 0 Å². The normalized spacial score (nSPS) is 14.3. The van der Waals surface area contributed by atoms with Gasteiger partial charge >= 0.3 is 0 Å². The third kappa shape index (κ3) is 4.73. The molecule has 0 spiro atoms. The first-order valence-corrected chi connectivity index (χ1v) is 6.65. The van der Waals surface area contributed by atoms with Crippen LogP contribution in [0.2, 0.25) is 0 Å². The minimum absolute atomic E-state index is 0.0839. The van der Waals surface area contributed by atoms with Crippen LogP contribution in [0.1, 0.15) is 26.7 Å². The summed E-state index contributed by atoms with van der Waals surface area (Å²) in [6.45, 7) is 5.13. The van der Waals surface area contributed by atoms with Crippen molar-refractivity contribution in [3.8, 4) is 5.88 Å². The lowest BCUT2D eigenvalue weighted by atomic mass is 10.4. The minimum Gasteiger partial charge on any atom is -0.475 e. The second kappa shape index (κ2) is 6.36. The van der Waals surface area contributed by atoms with E-state index in [9.17, 15) is 4.79 Å². The van der Waals surface area contributed by atoms with Gasteiger partial charge in [-0.05, 0) is 26.7 Å². The Labute approximate surface area is 113 Å². The van der Waals surface area contributed by atoms with E-state index in [0.717, 1.165) is 12.8 Å². The van der Waals surface area contributed by atoms with Crippen molar-refractivity contribution in [2.75, 3.05) is 18.4 Å². The number of anilines is 1. The zero-order valence-electron chi connectivity index (χ0n) is 11.3. The minimum atomic E-state index is 0.0839. The van der Waals surface area contributed by atoms with Crippen LogP contribution in [0.25, 0.3) is 0 Å². The molecular weight excluding hydrogens is 244 g/mol. The molecule has 2 N–H and O–H groups in total. The molecule has 1 saturated carbocycles. The molecule has 0 unspecified atom stereocenters. The van der Waals surface area contributed by atoms with Crippen LogP contribution in [-0.4, -0.2) is 35.1 Å². The highest BCUT2D eigenvalue weighted by Gasteiger charge is 2.28. The van der Waals surface area contributed by atoms with Crippen molar-refractivity contribution in [2.24, 2.45) is 5.92 Å². The van der Waals surface area contributed by atoms with Crippen LogP contribution in [-0.2, 0) is 4.79 Å². The predicted octanol–water partition coefficient (Wildman–Crippen LogP) is 1.20. The Kier molecular flexibility index (Phi) is 4.54. The van der Waals surface area contributed by atoms with Gasteiger partial charge in [-0.1, -0.05) is 0 Å². The van der Waals surface area contributed by atoms with Crippen LogP contribution in [0, 0.1) is 5.92 Å². The van der Waals surface area contributed by atoms with E-state index in [4.69, 9.17) is 4.74 Å². The lowest BCUT2D eigenvalue weighted by Gasteiger charge is -2.10. The summed E-state index contributed by atoms with van der Waals surface area (Å²) in [6, 6.07) is 1.75. The van der Waals surface area contributed by atoms with E-state index in [-0.39, 0.29) is 17.9 Å². The van der Waals surface area contributed by atoms with Gasteiger partial charge in [-0.25, -0.2) is 9.97 Å². The summed E-state index contributed by atoms with van der Waals surface area (Å²) in [4.78, 5) is 19.5. The van der Waals surface area contributed by atoms with Crippen LogP contribution in [0.3, 0.4) is 0 Å². The van der Waals surface area contributed by atoms with E-state index >= 15 is 0 Å². The van der Waals surface area contributed by atoms with E-state index in [0.29, 0.717) is 24.8 Å². The van der Waals surface area contributed by atoms with Gasteiger partial charge in [0, 0.05) is 25.1 Å². The fourth-order valence-electron chi connectivity index (χ4n) is 1.61. The molecule has 0 bridgehead atoms. The summed E-state index contributed by atoms with van der Waals surface area (Å²) < 4.78 is 5.48. The van der Waals surface area contributed by atoms with E-state index in [1.165, 1.54) is 6.33 Å². The number of aromatic nitrogens is 2. The van der Waals surface area contributed by atoms with Crippen LogP contribution in [0.15, 0.2) is 12.4 Å². The molecule has 1 aliphatic carbocycles. The average Bonchev–Trinajstić information content (AvgIpc) is 3.18. The Morgan fingerprint density at radius 2 is 2.21 bits per heavy atom. The Morgan fingerprint density at radius 1 is 1.42 bits per heavy atom. The lowest BCUT2D eigenvalue weighted by molar-refractivity contribution is -0.122. The number of carbonyl (C=O) groups excluding carboxylic acids is 1. The van der Waals surface area contributed by atoms with Gasteiger partial charge in [0.25, 0.3) is 0 Å². The van der Waals surface area contributed by atoms with E-state index in [1.54, 1.807) is 6.07 Å². The summed E-state index contributed by atoms with van der Waals surface area (Å²) in [5, 5.41) is 6.01. The van der Waals surface area contributed by atoms with Crippen molar-refractivity contribution in [3.05, 3.63) is 12.4 Å². The number of hydrogen-bond acceptors (Lipinski definition) is 5. The highest BCUT2D eigenvalue weighted by Crippen LogP contribution is 2.28. The SMILES string of the molecule is CC(C)Oc1cc(NCCNC(=O)C2CC2)ncn1. The Hall–Kier alpha value is -1.85. The van der Waals surface area contributed by atoms with Crippen molar-refractivity contribution >= 4 is 11.7 Å². The maximum absolute atomic E-state index is 11.4. The smallest absolute Gasteiger partial charge is 0.223 e. The van der Waals surface area contributed by atoms with Crippen LogP contribution >= 0.6 is 0 Å². The number of hydrogen-bond donors (Lipinski definition) is 2. The monoisotopic (exact) mass is 264 g/mol. The zero-order valence-corrected chi connectivity index (χ0v) is 11.3. The second-order valence-corrected chi connectivity index (χ2v) is 4.90. The van der Waals surface area contributed by atoms with Gasteiger partial charge in [0.1, 0.15) is 12.1 Å². The van der Waals surface area contributed by atoms with Crippen molar-refractivity contribution in [1.29, 1.82) is 0 Å². The third-order valence-corrected chi connectivity index (χ3v) is 2.68. The largest absolute Gasteiger partial charge is 0.475 e. The molecule has 1 amide bonds. The molecule has 104 valence electrons. The summed E-state index contributed by atoms with van der Waals surface area (Å²) >= 11 is 0. The number of ether oxygens (including phenoxy) is 1. The summed E-state index contributed by atoms with van der Waals surface area (Å²) in [6.07, 6.45) is 3.60. The highest BCUT2D eigenvalue weighted by molar-refractivity contribution is 5.80.